The molecule has 2 N–H and O–H groups in total. The van der Waals surface area contributed by atoms with Gasteiger partial charge in [-0.15, -0.1) is 0 Å². The van der Waals surface area contributed by atoms with Gasteiger partial charge in [0, 0.05) is 19.3 Å². The van der Waals surface area contributed by atoms with Crippen LogP contribution in [0.15, 0.2) is 42.6 Å². The molecule has 0 saturated carbocycles. The lowest BCUT2D eigenvalue weighted by Crippen LogP contribution is -2.23. The minimum atomic E-state index is -0.101. The van der Waals surface area contributed by atoms with E-state index in [0.717, 1.165) is 30.8 Å². The highest BCUT2D eigenvalue weighted by Crippen LogP contribution is 2.08. The number of aryl methyl sites for hydroxylation is 1. The molecule has 4 heteroatoms. The number of nitrogens with zero attached hydrogens (tertiary/aromatic N) is 1. The van der Waals surface area contributed by atoms with Crippen LogP contribution in [0.4, 0.5) is 5.82 Å². The van der Waals surface area contributed by atoms with Crippen molar-refractivity contribution in [2.24, 2.45) is 0 Å². The molecule has 4 nitrogen and oxygen atoms in total. The van der Waals surface area contributed by atoms with Crippen LogP contribution < -0.4 is 10.6 Å². The zero-order valence-corrected chi connectivity index (χ0v) is 13.2. The zero-order chi connectivity index (χ0) is 15.8. The van der Waals surface area contributed by atoms with Crippen molar-refractivity contribution in [3.05, 3.63) is 59.3 Å². The Kier molecular flexibility index (Phi) is 5.95. The lowest BCUT2D eigenvalue weighted by molar-refractivity contribution is 0.0950. The molecule has 0 aliphatic rings. The fourth-order valence-electron chi connectivity index (χ4n) is 2.11. The first kappa shape index (κ1) is 16.0. The van der Waals surface area contributed by atoms with Crippen LogP contribution in [-0.4, -0.2) is 17.4 Å². The van der Waals surface area contributed by atoms with Crippen molar-refractivity contribution in [3.8, 4) is 0 Å². The summed E-state index contributed by atoms with van der Waals surface area (Å²) in [6.45, 7) is 5.63. The van der Waals surface area contributed by atoms with Gasteiger partial charge in [-0.3, -0.25) is 4.79 Å². The maximum Gasteiger partial charge on any atom is 0.253 e. The third-order valence-corrected chi connectivity index (χ3v) is 3.56. The van der Waals surface area contributed by atoms with Gasteiger partial charge in [0.1, 0.15) is 5.82 Å². The Morgan fingerprint density at radius 2 is 2.00 bits per heavy atom. The number of amides is 1. The molecular formula is C18H23N3O. The van der Waals surface area contributed by atoms with Gasteiger partial charge in [0.25, 0.3) is 5.91 Å². The van der Waals surface area contributed by atoms with Crippen LogP contribution in [-0.2, 0) is 6.54 Å². The summed E-state index contributed by atoms with van der Waals surface area (Å²) in [4.78, 5) is 16.4. The minimum Gasteiger partial charge on any atom is -0.370 e. The van der Waals surface area contributed by atoms with Crippen LogP contribution in [0.25, 0.3) is 0 Å². The van der Waals surface area contributed by atoms with Crippen molar-refractivity contribution in [2.45, 2.75) is 33.2 Å². The largest absolute Gasteiger partial charge is 0.370 e. The Bertz CT molecular complexity index is 608. The van der Waals surface area contributed by atoms with Crippen LogP contribution in [0.1, 0.15) is 41.3 Å². The first-order chi connectivity index (χ1) is 10.7. The molecule has 2 rings (SSSR count). The lowest BCUT2D eigenvalue weighted by atomic mass is 10.1. The van der Waals surface area contributed by atoms with Crippen LogP contribution in [0.2, 0.25) is 0 Å². The normalized spacial score (nSPS) is 10.3. The molecule has 1 aromatic carbocycles. The number of pyridine rings is 1. The smallest absolute Gasteiger partial charge is 0.253 e. The molecule has 1 amide bonds. The maximum absolute atomic E-state index is 12.1. The van der Waals surface area contributed by atoms with E-state index < -0.39 is 0 Å². The number of aromatic nitrogens is 1. The molecule has 0 atom stereocenters. The van der Waals surface area contributed by atoms with E-state index in [1.54, 1.807) is 12.3 Å². The maximum atomic E-state index is 12.1. The summed E-state index contributed by atoms with van der Waals surface area (Å²) >= 11 is 0. The van der Waals surface area contributed by atoms with Crippen LogP contribution in [0, 0.1) is 6.92 Å². The Labute approximate surface area is 132 Å². The zero-order valence-electron chi connectivity index (χ0n) is 13.2. The van der Waals surface area contributed by atoms with Crippen molar-refractivity contribution >= 4 is 11.7 Å². The Morgan fingerprint density at radius 1 is 1.18 bits per heavy atom. The van der Waals surface area contributed by atoms with Gasteiger partial charge in [-0.25, -0.2) is 4.98 Å². The van der Waals surface area contributed by atoms with Crippen molar-refractivity contribution in [2.75, 3.05) is 11.9 Å². The number of hydrogen-bond donors (Lipinski definition) is 2. The second kappa shape index (κ2) is 8.17. The summed E-state index contributed by atoms with van der Waals surface area (Å²) in [6, 6.07) is 11.7. The number of benzene rings is 1. The highest BCUT2D eigenvalue weighted by atomic mass is 16.1. The summed E-state index contributed by atoms with van der Waals surface area (Å²) in [6.07, 6.45) is 3.87. The van der Waals surface area contributed by atoms with E-state index >= 15 is 0 Å². The molecule has 0 aliphatic carbocycles. The fraction of sp³-hybridized carbons (Fsp3) is 0.333. The average molecular weight is 297 g/mol. The van der Waals surface area contributed by atoms with E-state index in [4.69, 9.17) is 0 Å². The second-order valence-electron chi connectivity index (χ2n) is 5.32. The average Bonchev–Trinajstić information content (AvgIpc) is 2.55. The van der Waals surface area contributed by atoms with Gasteiger partial charge < -0.3 is 10.6 Å². The minimum absolute atomic E-state index is 0.101. The number of carbonyl (C=O) groups is 1. The van der Waals surface area contributed by atoms with Gasteiger partial charge in [-0.2, -0.15) is 0 Å². The third-order valence-electron chi connectivity index (χ3n) is 3.56. The molecular weight excluding hydrogens is 274 g/mol. The van der Waals surface area contributed by atoms with Crippen molar-refractivity contribution in [1.82, 2.24) is 10.3 Å². The summed E-state index contributed by atoms with van der Waals surface area (Å²) in [5.41, 5.74) is 2.88. The number of carbonyl (C=O) groups excluding carboxylic acids is 1. The van der Waals surface area contributed by atoms with Crippen LogP contribution >= 0.6 is 0 Å². The van der Waals surface area contributed by atoms with Gasteiger partial charge in [0.05, 0.1) is 5.56 Å². The van der Waals surface area contributed by atoms with Gasteiger partial charge in [-0.05, 0) is 36.6 Å². The molecule has 0 saturated heterocycles. The molecule has 116 valence electrons. The monoisotopic (exact) mass is 297 g/mol. The van der Waals surface area contributed by atoms with Gasteiger partial charge >= 0.3 is 0 Å². The van der Waals surface area contributed by atoms with Gasteiger partial charge in [0.2, 0.25) is 0 Å². The van der Waals surface area contributed by atoms with E-state index in [1.807, 2.05) is 37.3 Å². The number of nitrogens with one attached hydrogen (secondary N) is 2. The van der Waals surface area contributed by atoms with E-state index in [0.29, 0.717) is 12.1 Å². The topological polar surface area (TPSA) is 54.0 Å². The van der Waals surface area contributed by atoms with Crippen molar-refractivity contribution < 1.29 is 4.79 Å². The second-order valence-corrected chi connectivity index (χ2v) is 5.32. The molecule has 0 bridgehead atoms. The van der Waals surface area contributed by atoms with Crippen molar-refractivity contribution in [3.63, 3.8) is 0 Å². The molecule has 0 spiro atoms. The molecule has 0 fully saturated rings. The third kappa shape index (κ3) is 4.58. The molecule has 0 aliphatic heterocycles. The summed E-state index contributed by atoms with van der Waals surface area (Å²) in [5, 5.41) is 6.16. The standard InChI is InChI=1S/C18H23N3O/c1-3-4-11-19-17-10-9-16(13-20-17)18(22)21-12-15-8-6-5-7-14(15)2/h5-10,13H,3-4,11-12H2,1-2H3,(H,19,20)(H,21,22). The molecule has 2 aromatic rings. The van der Waals surface area contributed by atoms with Crippen LogP contribution in [0.5, 0.6) is 0 Å². The SMILES string of the molecule is CCCCNc1ccc(C(=O)NCc2ccccc2C)cn1. The van der Waals surface area contributed by atoms with E-state index in [9.17, 15) is 4.79 Å². The number of anilines is 1. The number of hydrogen-bond acceptors (Lipinski definition) is 3. The first-order valence-corrected chi connectivity index (χ1v) is 7.73. The van der Waals surface area contributed by atoms with E-state index in [-0.39, 0.29) is 5.91 Å². The first-order valence-electron chi connectivity index (χ1n) is 7.73. The predicted molar refractivity (Wildman–Crippen MR) is 90.0 cm³/mol. The Morgan fingerprint density at radius 3 is 2.68 bits per heavy atom. The highest BCUT2D eigenvalue weighted by Gasteiger charge is 2.06. The van der Waals surface area contributed by atoms with E-state index in [1.165, 1.54) is 5.56 Å². The molecule has 1 aromatic heterocycles. The summed E-state index contributed by atoms with van der Waals surface area (Å²) < 4.78 is 0. The van der Waals surface area contributed by atoms with Crippen molar-refractivity contribution in [1.29, 1.82) is 0 Å². The molecule has 1 heterocycles. The van der Waals surface area contributed by atoms with E-state index in [2.05, 4.69) is 22.5 Å². The highest BCUT2D eigenvalue weighted by molar-refractivity contribution is 5.94. The summed E-state index contributed by atoms with van der Waals surface area (Å²) in [7, 11) is 0. The van der Waals surface area contributed by atoms with Gasteiger partial charge in [0.15, 0.2) is 0 Å². The fourth-order valence-corrected chi connectivity index (χ4v) is 2.11. The Hall–Kier alpha value is -2.36. The quantitative estimate of drug-likeness (QED) is 0.769. The molecule has 22 heavy (non-hydrogen) atoms. The molecule has 0 radical (unpaired) electrons. The Balaban J connectivity index is 1.88. The summed E-state index contributed by atoms with van der Waals surface area (Å²) in [5.74, 6) is 0.708. The lowest BCUT2D eigenvalue weighted by Gasteiger charge is -2.08. The predicted octanol–water partition coefficient (Wildman–Crippen LogP) is 3.53. The molecule has 0 unspecified atom stereocenters. The number of rotatable bonds is 7. The van der Waals surface area contributed by atoms with Crippen LogP contribution in [0.3, 0.4) is 0 Å². The number of unbranched alkanes of at least 4 members (excludes halogenated alkanes) is 1. The van der Waals surface area contributed by atoms with Gasteiger partial charge in [-0.1, -0.05) is 37.6 Å².